The quantitative estimate of drug-likeness (QED) is 0.736. The van der Waals surface area contributed by atoms with E-state index in [9.17, 15) is 4.79 Å². The number of rotatable bonds is 5. The monoisotopic (exact) mass is 381 g/mol. The van der Waals surface area contributed by atoms with E-state index in [2.05, 4.69) is 54.7 Å². The topological polar surface area (TPSA) is 61.4 Å². The maximum absolute atomic E-state index is 11.8. The molecule has 1 aromatic carbocycles. The molecule has 27 heavy (non-hydrogen) atoms. The van der Waals surface area contributed by atoms with E-state index in [1.807, 2.05) is 13.0 Å². The molecule has 0 saturated carbocycles. The zero-order valence-corrected chi connectivity index (χ0v) is 16.2. The lowest BCUT2D eigenvalue weighted by atomic mass is 10.1. The minimum atomic E-state index is 0.0968. The molecule has 3 heterocycles. The standard InChI is InChI=1S/C20H23N5OS/c1-2-21-17(26)12-24-8-10-25(11-9-24)19-18-16(15-6-4-3-5-7-15)13-27-20(18)23-14-22-19/h3-7,13-14H,2,8-12H2,1H3,(H,21,26). The molecule has 1 N–H and O–H groups in total. The van der Waals surface area contributed by atoms with Crippen LogP contribution in [0.2, 0.25) is 0 Å². The third kappa shape index (κ3) is 3.79. The Morgan fingerprint density at radius 2 is 1.93 bits per heavy atom. The molecule has 0 bridgehead atoms. The molecule has 7 heteroatoms. The van der Waals surface area contributed by atoms with Gasteiger partial charge in [-0.25, -0.2) is 9.97 Å². The molecule has 0 aliphatic carbocycles. The molecule has 3 aromatic rings. The number of likely N-dealkylation sites (N-methyl/N-ethyl adjacent to an activating group) is 1. The van der Waals surface area contributed by atoms with Crippen LogP contribution >= 0.6 is 11.3 Å². The summed E-state index contributed by atoms with van der Waals surface area (Å²) in [7, 11) is 0. The number of aromatic nitrogens is 2. The number of thiophene rings is 1. The summed E-state index contributed by atoms with van der Waals surface area (Å²) in [5, 5.41) is 6.17. The molecule has 2 aromatic heterocycles. The molecule has 0 spiro atoms. The van der Waals surface area contributed by atoms with Crippen LogP contribution in [-0.4, -0.2) is 60.0 Å². The Morgan fingerprint density at radius 3 is 2.67 bits per heavy atom. The normalized spacial score (nSPS) is 15.2. The number of anilines is 1. The Balaban J connectivity index is 1.56. The van der Waals surface area contributed by atoms with Crippen LogP contribution in [0, 0.1) is 0 Å². The Labute approximate surface area is 162 Å². The molecule has 1 saturated heterocycles. The molecular formula is C20H23N5OS. The van der Waals surface area contributed by atoms with Crippen LogP contribution in [0.15, 0.2) is 42.0 Å². The molecule has 1 amide bonds. The van der Waals surface area contributed by atoms with Gasteiger partial charge < -0.3 is 10.2 Å². The molecule has 140 valence electrons. The highest BCUT2D eigenvalue weighted by Crippen LogP contribution is 2.37. The largest absolute Gasteiger partial charge is 0.355 e. The fourth-order valence-electron chi connectivity index (χ4n) is 3.50. The Morgan fingerprint density at radius 1 is 1.15 bits per heavy atom. The number of piperazine rings is 1. The van der Waals surface area contributed by atoms with E-state index in [0.29, 0.717) is 13.1 Å². The third-order valence-electron chi connectivity index (χ3n) is 4.85. The first kappa shape index (κ1) is 17.9. The van der Waals surface area contributed by atoms with Gasteiger partial charge in [-0.15, -0.1) is 11.3 Å². The maximum atomic E-state index is 11.8. The van der Waals surface area contributed by atoms with E-state index >= 15 is 0 Å². The van der Waals surface area contributed by atoms with Crippen molar-refractivity contribution < 1.29 is 4.79 Å². The van der Waals surface area contributed by atoms with E-state index in [4.69, 9.17) is 0 Å². The van der Waals surface area contributed by atoms with E-state index in [1.54, 1.807) is 17.7 Å². The minimum Gasteiger partial charge on any atom is -0.355 e. The van der Waals surface area contributed by atoms with Gasteiger partial charge >= 0.3 is 0 Å². The van der Waals surface area contributed by atoms with Gasteiger partial charge in [-0.3, -0.25) is 9.69 Å². The van der Waals surface area contributed by atoms with Crippen molar-refractivity contribution in [2.24, 2.45) is 0 Å². The first-order valence-corrected chi connectivity index (χ1v) is 10.2. The molecule has 0 unspecified atom stereocenters. The second kappa shape index (κ2) is 8.02. The summed E-state index contributed by atoms with van der Waals surface area (Å²) in [6, 6.07) is 10.4. The fraction of sp³-hybridized carbons (Fsp3) is 0.350. The first-order chi connectivity index (χ1) is 13.3. The van der Waals surface area contributed by atoms with Crippen LogP contribution in [0.25, 0.3) is 21.3 Å². The van der Waals surface area contributed by atoms with Crippen molar-refractivity contribution in [3.8, 4) is 11.1 Å². The summed E-state index contributed by atoms with van der Waals surface area (Å²) < 4.78 is 0. The van der Waals surface area contributed by atoms with Crippen molar-refractivity contribution in [3.05, 3.63) is 42.0 Å². The van der Waals surface area contributed by atoms with Crippen LogP contribution in [0.5, 0.6) is 0 Å². The number of carbonyl (C=O) groups excluding carboxylic acids is 1. The van der Waals surface area contributed by atoms with E-state index < -0.39 is 0 Å². The van der Waals surface area contributed by atoms with Crippen molar-refractivity contribution in [1.82, 2.24) is 20.2 Å². The highest BCUT2D eigenvalue weighted by atomic mass is 32.1. The van der Waals surface area contributed by atoms with Crippen LogP contribution in [0.4, 0.5) is 5.82 Å². The second-order valence-corrected chi connectivity index (χ2v) is 7.47. The van der Waals surface area contributed by atoms with E-state index in [0.717, 1.165) is 42.2 Å². The molecule has 6 nitrogen and oxygen atoms in total. The molecule has 0 atom stereocenters. The van der Waals surface area contributed by atoms with Gasteiger partial charge in [0.1, 0.15) is 17.0 Å². The SMILES string of the molecule is CCNC(=O)CN1CCN(c2ncnc3scc(-c4ccccc4)c23)CC1. The number of amides is 1. The van der Waals surface area contributed by atoms with Gasteiger partial charge in [-0.1, -0.05) is 30.3 Å². The predicted octanol–water partition coefficient (Wildman–Crippen LogP) is 2.62. The van der Waals surface area contributed by atoms with Crippen molar-refractivity contribution in [2.75, 3.05) is 44.2 Å². The third-order valence-corrected chi connectivity index (χ3v) is 5.73. The number of hydrogen-bond acceptors (Lipinski definition) is 6. The summed E-state index contributed by atoms with van der Waals surface area (Å²) in [5.74, 6) is 1.09. The number of fused-ring (bicyclic) bond motifs is 1. The predicted molar refractivity (Wildman–Crippen MR) is 110 cm³/mol. The summed E-state index contributed by atoms with van der Waals surface area (Å²) in [6.45, 7) is 6.51. The second-order valence-electron chi connectivity index (χ2n) is 6.61. The highest BCUT2D eigenvalue weighted by Gasteiger charge is 2.23. The van der Waals surface area contributed by atoms with Gasteiger partial charge in [0.15, 0.2) is 0 Å². The Kier molecular flexibility index (Phi) is 5.31. The fourth-order valence-corrected chi connectivity index (χ4v) is 4.41. The summed E-state index contributed by atoms with van der Waals surface area (Å²) in [4.78, 5) is 26.5. The van der Waals surface area contributed by atoms with Gasteiger partial charge in [0, 0.05) is 43.7 Å². The van der Waals surface area contributed by atoms with E-state index in [1.165, 1.54) is 11.1 Å². The van der Waals surface area contributed by atoms with Crippen LogP contribution in [0.1, 0.15) is 6.92 Å². The zero-order chi connectivity index (χ0) is 18.6. The van der Waals surface area contributed by atoms with Crippen LogP contribution in [0.3, 0.4) is 0 Å². The van der Waals surface area contributed by atoms with Crippen molar-refractivity contribution in [1.29, 1.82) is 0 Å². The van der Waals surface area contributed by atoms with Gasteiger partial charge in [0.05, 0.1) is 11.9 Å². The van der Waals surface area contributed by atoms with Gasteiger partial charge in [0.2, 0.25) is 5.91 Å². The molecular weight excluding hydrogens is 358 g/mol. The average molecular weight is 382 g/mol. The first-order valence-electron chi connectivity index (χ1n) is 9.28. The maximum Gasteiger partial charge on any atom is 0.234 e. The Hall–Kier alpha value is -2.51. The average Bonchev–Trinajstić information content (AvgIpc) is 3.14. The number of hydrogen-bond donors (Lipinski definition) is 1. The molecule has 0 radical (unpaired) electrons. The lowest BCUT2D eigenvalue weighted by Gasteiger charge is -2.35. The van der Waals surface area contributed by atoms with Crippen molar-refractivity contribution >= 4 is 33.3 Å². The van der Waals surface area contributed by atoms with E-state index in [-0.39, 0.29) is 5.91 Å². The summed E-state index contributed by atoms with van der Waals surface area (Å²) >= 11 is 1.66. The molecule has 4 rings (SSSR count). The molecule has 1 aliphatic heterocycles. The number of nitrogens with zero attached hydrogens (tertiary/aromatic N) is 4. The van der Waals surface area contributed by atoms with Crippen molar-refractivity contribution in [3.63, 3.8) is 0 Å². The van der Waals surface area contributed by atoms with Gasteiger partial charge in [0.25, 0.3) is 0 Å². The van der Waals surface area contributed by atoms with Gasteiger partial charge in [-0.2, -0.15) is 0 Å². The van der Waals surface area contributed by atoms with Gasteiger partial charge in [-0.05, 0) is 12.5 Å². The van der Waals surface area contributed by atoms with Crippen LogP contribution in [-0.2, 0) is 4.79 Å². The van der Waals surface area contributed by atoms with Crippen LogP contribution < -0.4 is 10.2 Å². The highest BCUT2D eigenvalue weighted by molar-refractivity contribution is 7.17. The number of nitrogens with one attached hydrogen (secondary N) is 1. The molecule has 1 aliphatic rings. The lowest BCUT2D eigenvalue weighted by Crippen LogP contribution is -2.49. The minimum absolute atomic E-state index is 0.0968. The summed E-state index contributed by atoms with van der Waals surface area (Å²) in [6.07, 6.45) is 1.66. The lowest BCUT2D eigenvalue weighted by molar-refractivity contribution is -0.122. The number of benzene rings is 1. The molecule has 1 fully saturated rings. The zero-order valence-electron chi connectivity index (χ0n) is 15.4. The summed E-state index contributed by atoms with van der Waals surface area (Å²) in [5.41, 5.74) is 2.38. The van der Waals surface area contributed by atoms with Crippen molar-refractivity contribution in [2.45, 2.75) is 6.92 Å². The Bertz CT molecular complexity index is 919. The smallest absolute Gasteiger partial charge is 0.234 e. The number of carbonyl (C=O) groups is 1.